The molecule has 1 heterocycles. The summed E-state index contributed by atoms with van der Waals surface area (Å²) in [6.45, 7) is 0.800. The van der Waals surface area contributed by atoms with Gasteiger partial charge in [-0.3, -0.25) is 0 Å². The molecule has 0 bridgehead atoms. The van der Waals surface area contributed by atoms with Crippen molar-refractivity contribution in [2.24, 2.45) is 5.73 Å². The highest BCUT2D eigenvalue weighted by Crippen LogP contribution is 2.26. The third kappa shape index (κ3) is 1.83. The van der Waals surface area contributed by atoms with Crippen molar-refractivity contribution in [2.75, 3.05) is 11.9 Å². The van der Waals surface area contributed by atoms with Gasteiger partial charge in [-0.2, -0.15) is 0 Å². The van der Waals surface area contributed by atoms with Crippen molar-refractivity contribution in [3.8, 4) is 0 Å². The van der Waals surface area contributed by atoms with Crippen LogP contribution in [-0.4, -0.2) is 12.6 Å². The minimum Gasteiger partial charge on any atom is -0.382 e. The van der Waals surface area contributed by atoms with Gasteiger partial charge in [-0.25, -0.2) is 0 Å². The number of nitrogens with two attached hydrogens (primary N) is 1. The number of anilines is 1. The summed E-state index contributed by atoms with van der Waals surface area (Å²) in [6.07, 6.45) is 3.47. The molecule has 70 valence electrons. The molecule has 0 saturated carbocycles. The Morgan fingerprint density at radius 1 is 1.38 bits per heavy atom. The van der Waals surface area contributed by atoms with Gasteiger partial charge in [0.1, 0.15) is 0 Å². The van der Waals surface area contributed by atoms with E-state index in [4.69, 9.17) is 5.73 Å². The number of hydrogen-bond acceptors (Lipinski definition) is 2. The maximum atomic E-state index is 5.48. The van der Waals surface area contributed by atoms with Crippen LogP contribution in [0.5, 0.6) is 0 Å². The average molecular weight is 176 g/mol. The highest BCUT2D eigenvalue weighted by molar-refractivity contribution is 5.56. The van der Waals surface area contributed by atoms with Crippen molar-refractivity contribution in [1.29, 1.82) is 0 Å². The fourth-order valence-electron chi connectivity index (χ4n) is 1.91. The molecule has 0 spiro atoms. The van der Waals surface area contributed by atoms with E-state index in [2.05, 4.69) is 29.6 Å². The summed E-state index contributed by atoms with van der Waals surface area (Å²) in [5.74, 6) is 0. The van der Waals surface area contributed by atoms with Gasteiger partial charge in [-0.15, -0.1) is 0 Å². The van der Waals surface area contributed by atoms with Crippen LogP contribution in [0.25, 0.3) is 0 Å². The molecule has 0 fully saturated rings. The second-order valence-electron chi connectivity index (χ2n) is 3.63. The van der Waals surface area contributed by atoms with Gasteiger partial charge in [0.05, 0.1) is 0 Å². The first-order chi connectivity index (χ1) is 6.40. The second kappa shape index (κ2) is 3.79. The number of fused-ring (bicyclic) bond motifs is 1. The van der Waals surface area contributed by atoms with Crippen LogP contribution in [0.1, 0.15) is 18.4 Å². The number of benzene rings is 1. The maximum absolute atomic E-state index is 5.48. The van der Waals surface area contributed by atoms with Gasteiger partial charge < -0.3 is 11.1 Å². The van der Waals surface area contributed by atoms with Gasteiger partial charge in [-0.1, -0.05) is 18.2 Å². The van der Waals surface area contributed by atoms with Gasteiger partial charge in [0.25, 0.3) is 0 Å². The third-order valence-corrected chi connectivity index (χ3v) is 2.60. The molecule has 13 heavy (non-hydrogen) atoms. The Hall–Kier alpha value is -1.02. The van der Waals surface area contributed by atoms with E-state index in [0.29, 0.717) is 6.04 Å². The summed E-state index contributed by atoms with van der Waals surface area (Å²) in [4.78, 5) is 0. The van der Waals surface area contributed by atoms with Crippen molar-refractivity contribution >= 4 is 5.69 Å². The molecule has 0 aromatic heterocycles. The van der Waals surface area contributed by atoms with E-state index in [-0.39, 0.29) is 0 Å². The molecule has 1 aliphatic heterocycles. The summed E-state index contributed by atoms with van der Waals surface area (Å²) < 4.78 is 0. The molecule has 0 radical (unpaired) electrons. The van der Waals surface area contributed by atoms with Crippen LogP contribution >= 0.6 is 0 Å². The Bertz CT molecular complexity index is 258. The summed E-state index contributed by atoms with van der Waals surface area (Å²) >= 11 is 0. The average Bonchev–Trinajstić information content (AvgIpc) is 2.57. The van der Waals surface area contributed by atoms with Crippen LogP contribution in [0.3, 0.4) is 0 Å². The summed E-state index contributed by atoms with van der Waals surface area (Å²) in [6, 6.07) is 9.15. The maximum Gasteiger partial charge on any atom is 0.0375 e. The molecule has 1 aromatic rings. The van der Waals surface area contributed by atoms with Crippen LogP contribution in [0, 0.1) is 0 Å². The monoisotopic (exact) mass is 176 g/mol. The summed E-state index contributed by atoms with van der Waals surface area (Å²) in [5.41, 5.74) is 8.24. The van der Waals surface area contributed by atoms with Gasteiger partial charge in [0.15, 0.2) is 0 Å². The first kappa shape index (κ1) is 8.57. The largest absolute Gasteiger partial charge is 0.382 e. The van der Waals surface area contributed by atoms with Gasteiger partial charge in [0, 0.05) is 11.7 Å². The molecule has 0 saturated heterocycles. The van der Waals surface area contributed by atoms with Crippen LogP contribution in [0.4, 0.5) is 5.69 Å². The van der Waals surface area contributed by atoms with Crippen LogP contribution in [0.2, 0.25) is 0 Å². The minimum absolute atomic E-state index is 0.612. The lowest BCUT2D eigenvalue weighted by molar-refractivity contribution is 0.639. The minimum atomic E-state index is 0.612. The van der Waals surface area contributed by atoms with E-state index in [1.807, 2.05) is 0 Å². The molecule has 1 atom stereocenters. The van der Waals surface area contributed by atoms with E-state index >= 15 is 0 Å². The summed E-state index contributed by atoms with van der Waals surface area (Å²) in [5, 5.41) is 3.51. The van der Waals surface area contributed by atoms with Crippen LogP contribution in [0.15, 0.2) is 24.3 Å². The van der Waals surface area contributed by atoms with E-state index in [1.54, 1.807) is 0 Å². The Morgan fingerprint density at radius 2 is 2.23 bits per heavy atom. The Labute approximate surface area is 79.1 Å². The van der Waals surface area contributed by atoms with Crippen LogP contribution < -0.4 is 11.1 Å². The number of rotatable bonds is 3. The predicted molar refractivity (Wildman–Crippen MR) is 55.8 cm³/mol. The first-order valence-corrected chi connectivity index (χ1v) is 4.94. The normalized spacial score (nSPS) is 19.6. The molecule has 2 nitrogen and oxygen atoms in total. The molecular weight excluding hydrogens is 160 g/mol. The molecule has 3 N–H and O–H groups in total. The lowest BCUT2D eigenvalue weighted by Crippen LogP contribution is -2.16. The van der Waals surface area contributed by atoms with Gasteiger partial charge in [0.2, 0.25) is 0 Å². The number of nitrogens with one attached hydrogen (secondary N) is 1. The standard InChI is InChI=1S/C11H16N2/c12-7-3-5-10-8-9-4-1-2-6-11(9)13-10/h1-2,4,6,10,13H,3,5,7-8,12H2. The van der Waals surface area contributed by atoms with E-state index in [9.17, 15) is 0 Å². The van der Waals surface area contributed by atoms with Gasteiger partial charge >= 0.3 is 0 Å². The van der Waals surface area contributed by atoms with Crippen molar-refractivity contribution in [3.63, 3.8) is 0 Å². The molecular formula is C11H16N2. The quantitative estimate of drug-likeness (QED) is 0.736. The number of para-hydroxylation sites is 1. The van der Waals surface area contributed by atoms with Crippen molar-refractivity contribution in [1.82, 2.24) is 0 Å². The molecule has 0 amide bonds. The number of hydrogen-bond donors (Lipinski definition) is 2. The molecule has 0 aliphatic carbocycles. The van der Waals surface area contributed by atoms with Crippen molar-refractivity contribution in [3.05, 3.63) is 29.8 Å². The Balaban J connectivity index is 1.97. The SMILES string of the molecule is NCCCC1Cc2ccccc2N1. The zero-order valence-corrected chi connectivity index (χ0v) is 7.79. The third-order valence-electron chi connectivity index (χ3n) is 2.60. The van der Waals surface area contributed by atoms with Crippen LogP contribution in [-0.2, 0) is 6.42 Å². The fraction of sp³-hybridized carbons (Fsp3) is 0.455. The highest BCUT2D eigenvalue weighted by atomic mass is 14.9. The van der Waals surface area contributed by atoms with Crippen molar-refractivity contribution < 1.29 is 0 Å². The second-order valence-corrected chi connectivity index (χ2v) is 3.63. The highest BCUT2D eigenvalue weighted by Gasteiger charge is 2.18. The fourth-order valence-corrected chi connectivity index (χ4v) is 1.91. The zero-order chi connectivity index (χ0) is 9.10. The Kier molecular flexibility index (Phi) is 2.50. The molecule has 1 aliphatic rings. The molecule has 2 heteroatoms. The lowest BCUT2D eigenvalue weighted by Gasteiger charge is -2.09. The van der Waals surface area contributed by atoms with E-state index in [1.165, 1.54) is 17.7 Å². The molecule has 1 unspecified atom stereocenters. The predicted octanol–water partition coefficient (Wildman–Crippen LogP) is 1.76. The zero-order valence-electron chi connectivity index (χ0n) is 7.79. The first-order valence-electron chi connectivity index (χ1n) is 4.94. The smallest absolute Gasteiger partial charge is 0.0375 e. The van der Waals surface area contributed by atoms with E-state index < -0.39 is 0 Å². The lowest BCUT2D eigenvalue weighted by atomic mass is 10.1. The topological polar surface area (TPSA) is 38.0 Å². The Morgan fingerprint density at radius 3 is 3.00 bits per heavy atom. The molecule has 2 rings (SSSR count). The molecule has 1 aromatic carbocycles. The van der Waals surface area contributed by atoms with Gasteiger partial charge in [-0.05, 0) is 37.4 Å². The van der Waals surface area contributed by atoms with Crippen molar-refractivity contribution in [2.45, 2.75) is 25.3 Å². The van der Waals surface area contributed by atoms with E-state index in [0.717, 1.165) is 19.4 Å². The summed E-state index contributed by atoms with van der Waals surface area (Å²) in [7, 11) is 0.